The number of hydrogen-bond acceptors (Lipinski definition) is 3. The van der Waals surface area contributed by atoms with Gasteiger partial charge in [-0.15, -0.1) is 0 Å². The Bertz CT molecular complexity index is 713. The molecule has 1 fully saturated rings. The lowest BCUT2D eigenvalue weighted by molar-refractivity contribution is -0.139. The maximum absolute atomic E-state index is 13.4. The summed E-state index contributed by atoms with van der Waals surface area (Å²) in [7, 11) is 0. The maximum Gasteiger partial charge on any atom is 0.235 e. The molecule has 2 aliphatic heterocycles. The Morgan fingerprint density at radius 1 is 1.08 bits per heavy atom. The standard InChI is InChI=1S/C20H21NO3/c1-2-14-13-21(11-12-23-14)20(22)19-15-7-3-5-9-17(15)24-18-10-6-4-8-16(18)19/h3-10,14,19H,2,11-13H2,1H3/t14-/m1/s1. The fourth-order valence-corrected chi connectivity index (χ4v) is 3.53. The van der Waals surface area contributed by atoms with Crippen molar-refractivity contribution in [2.75, 3.05) is 19.7 Å². The van der Waals surface area contributed by atoms with Crippen molar-refractivity contribution in [1.82, 2.24) is 4.90 Å². The topological polar surface area (TPSA) is 38.8 Å². The quantitative estimate of drug-likeness (QED) is 0.848. The molecular formula is C20H21NO3. The van der Waals surface area contributed by atoms with Crippen molar-refractivity contribution in [3.05, 3.63) is 59.7 Å². The van der Waals surface area contributed by atoms with Gasteiger partial charge in [0.05, 0.1) is 18.6 Å². The Balaban J connectivity index is 1.73. The molecule has 0 radical (unpaired) electrons. The molecule has 0 saturated carbocycles. The average Bonchev–Trinajstić information content (AvgIpc) is 2.65. The van der Waals surface area contributed by atoms with Gasteiger partial charge in [-0.2, -0.15) is 0 Å². The molecule has 0 aliphatic carbocycles. The Morgan fingerprint density at radius 3 is 2.33 bits per heavy atom. The van der Waals surface area contributed by atoms with Gasteiger partial charge in [0.2, 0.25) is 5.91 Å². The summed E-state index contributed by atoms with van der Waals surface area (Å²) in [5.41, 5.74) is 1.89. The minimum atomic E-state index is -0.304. The first kappa shape index (κ1) is 15.2. The van der Waals surface area contributed by atoms with Gasteiger partial charge in [-0.3, -0.25) is 4.79 Å². The summed E-state index contributed by atoms with van der Waals surface area (Å²) in [5, 5.41) is 0. The molecular weight excluding hydrogens is 302 g/mol. The summed E-state index contributed by atoms with van der Waals surface area (Å²) in [6.07, 6.45) is 1.05. The summed E-state index contributed by atoms with van der Waals surface area (Å²) < 4.78 is 11.7. The zero-order valence-electron chi connectivity index (χ0n) is 13.8. The van der Waals surface area contributed by atoms with Crippen LogP contribution < -0.4 is 4.74 Å². The van der Waals surface area contributed by atoms with Crippen LogP contribution in [0.1, 0.15) is 30.4 Å². The molecule has 2 aromatic carbocycles. The molecule has 4 rings (SSSR count). The molecule has 2 aliphatic rings. The number of ether oxygens (including phenoxy) is 2. The van der Waals surface area contributed by atoms with Crippen molar-refractivity contribution in [2.45, 2.75) is 25.4 Å². The van der Waals surface area contributed by atoms with Crippen molar-refractivity contribution in [1.29, 1.82) is 0 Å². The molecule has 0 aromatic heterocycles. The normalized spacial score (nSPS) is 20.0. The van der Waals surface area contributed by atoms with Crippen LogP contribution in [0.4, 0.5) is 0 Å². The fraction of sp³-hybridized carbons (Fsp3) is 0.350. The van der Waals surface area contributed by atoms with E-state index in [0.717, 1.165) is 29.0 Å². The number of hydrogen-bond donors (Lipinski definition) is 0. The first-order valence-electron chi connectivity index (χ1n) is 8.54. The Morgan fingerprint density at radius 2 is 1.71 bits per heavy atom. The number of rotatable bonds is 2. The van der Waals surface area contributed by atoms with Crippen LogP contribution in [-0.2, 0) is 9.53 Å². The van der Waals surface area contributed by atoms with Gasteiger partial charge in [0.15, 0.2) is 0 Å². The summed E-state index contributed by atoms with van der Waals surface area (Å²) in [5.74, 6) is 1.38. The van der Waals surface area contributed by atoms with Gasteiger partial charge in [0.1, 0.15) is 11.5 Å². The number of carbonyl (C=O) groups excluding carboxylic acids is 1. The minimum absolute atomic E-state index is 0.132. The third-order valence-electron chi connectivity index (χ3n) is 4.83. The van der Waals surface area contributed by atoms with Crippen LogP contribution in [0.2, 0.25) is 0 Å². The summed E-state index contributed by atoms with van der Waals surface area (Å²) in [4.78, 5) is 15.3. The van der Waals surface area contributed by atoms with E-state index in [2.05, 4.69) is 6.92 Å². The third kappa shape index (κ3) is 2.57. The molecule has 4 nitrogen and oxygen atoms in total. The highest BCUT2D eigenvalue weighted by Gasteiger charge is 2.36. The highest BCUT2D eigenvalue weighted by Crippen LogP contribution is 2.44. The number of nitrogens with zero attached hydrogens (tertiary/aromatic N) is 1. The third-order valence-corrected chi connectivity index (χ3v) is 4.83. The average molecular weight is 323 g/mol. The van der Waals surface area contributed by atoms with Crippen LogP contribution in [0, 0.1) is 0 Å². The smallest absolute Gasteiger partial charge is 0.235 e. The molecule has 0 bridgehead atoms. The van der Waals surface area contributed by atoms with Crippen LogP contribution in [-0.4, -0.2) is 36.6 Å². The van der Waals surface area contributed by atoms with E-state index < -0.39 is 0 Å². The van der Waals surface area contributed by atoms with Gasteiger partial charge in [0.25, 0.3) is 0 Å². The number of benzene rings is 2. The van der Waals surface area contributed by atoms with E-state index in [1.165, 1.54) is 0 Å². The molecule has 1 amide bonds. The number of amides is 1. The Kier molecular flexibility index (Phi) is 3.98. The van der Waals surface area contributed by atoms with Gasteiger partial charge < -0.3 is 14.4 Å². The van der Waals surface area contributed by atoms with E-state index in [-0.39, 0.29) is 17.9 Å². The molecule has 2 aromatic rings. The van der Waals surface area contributed by atoms with Gasteiger partial charge in [-0.05, 0) is 18.6 Å². The van der Waals surface area contributed by atoms with Crippen LogP contribution in [0.25, 0.3) is 0 Å². The molecule has 24 heavy (non-hydrogen) atoms. The second-order valence-electron chi connectivity index (χ2n) is 6.30. The highest BCUT2D eigenvalue weighted by atomic mass is 16.5. The van der Waals surface area contributed by atoms with E-state index in [0.29, 0.717) is 19.7 Å². The van der Waals surface area contributed by atoms with Gasteiger partial charge in [0, 0.05) is 24.2 Å². The lowest BCUT2D eigenvalue weighted by Crippen LogP contribution is -2.47. The van der Waals surface area contributed by atoms with Crippen LogP contribution in [0.3, 0.4) is 0 Å². The number of carbonyl (C=O) groups is 1. The Labute approximate surface area is 142 Å². The van der Waals surface area contributed by atoms with E-state index in [1.54, 1.807) is 0 Å². The number of morpholine rings is 1. The van der Waals surface area contributed by atoms with E-state index in [4.69, 9.17) is 9.47 Å². The number of fused-ring (bicyclic) bond motifs is 2. The van der Waals surface area contributed by atoms with Crippen molar-refractivity contribution >= 4 is 5.91 Å². The summed E-state index contributed by atoms with van der Waals surface area (Å²) in [6.45, 7) is 4.02. The monoisotopic (exact) mass is 323 g/mol. The number of para-hydroxylation sites is 2. The molecule has 1 atom stereocenters. The molecule has 0 spiro atoms. The second kappa shape index (κ2) is 6.29. The van der Waals surface area contributed by atoms with Gasteiger partial charge in [-0.1, -0.05) is 43.3 Å². The zero-order valence-corrected chi connectivity index (χ0v) is 13.8. The van der Waals surface area contributed by atoms with Crippen molar-refractivity contribution < 1.29 is 14.3 Å². The molecule has 124 valence electrons. The van der Waals surface area contributed by atoms with Crippen molar-refractivity contribution in [3.63, 3.8) is 0 Å². The van der Waals surface area contributed by atoms with Crippen LogP contribution >= 0.6 is 0 Å². The SMILES string of the molecule is CC[C@@H]1CN(C(=O)C2c3ccccc3Oc3ccccc32)CCO1. The van der Waals surface area contributed by atoms with Crippen LogP contribution in [0.15, 0.2) is 48.5 Å². The van der Waals surface area contributed by atoms with E-state index >= 15 is 0 Å². The lowest BCUT2D eigenvalue weighted by atomic mass is 9.86. The highest BCUT2D eigenvalue weighted by molar-refractivity contribution is 5.89. The largest absolute Gasteiger partial charge is 0.457 e. The Hall–Kier alpha value is -2.33. The van der Waals surface area contributed by atoms with E-state index in [1.807, 2.05) is 53.4 Å². The maximum atomic E-state index is 13.4. The predicted molar refractivity (Wildman–Crippen MR) is 91.4 cm³/mol. The first-order chi connectivity index (χ1) is 11.8. The fourth-order valence-electron chi connectivity index (χ4n) is 3.53. The second-order valence-corrected chi connectivity index (χ2v) is 6.30. The van der Waals surface area contributed by atoms with E-state index in [9.17, 15) is 4.79 Å². The molecule has 1 saturated heterocycles. The van der Waals surface area contributed by atoms with Crippen molar-refractivity contribution in [2.24, 2.45) is 0 Å². The molecule has 2 heterocycles. The first-order valence-corrected chi connectivity index (χ1v) is 8.54. The van der Waals surface area contributed by atoms with Crippen LogP contribution in [0.5, 0.6) is 11.5 Å². The molecule has 0 unspecified atom stereocenters. The molecule has 4 heteroatoms. The zero-order chi connectivity index (χ0) is 16.5. The summed E-state index contributed by atoms with van der Waals surface area (Å²) in [6, 6.07) is 15.7. The predicted octanol–water partition coefficient (Wildman–Crippen LogP) is 3.56. The van der Waals surface area contributed by atoms with Gasteiger partial charge in [-0.25, -0.2) is 0 Å². The van der Waals surface area contributed by atoms with Gasteiger partial charge >= 0.3 is 0 Å². The minimum Gasteiger partial charge on any atom is -0.457 e. The lowest BCUT2D eigenvalue weighted by Gasteiger charge is -2.36. The molecule has 0 N–H and O–H groups in total. The van der Waals surface area contributed by atoms with Crippen molar-refractivity contribution in [3.8, 4) is 11.5 Å². The summed E-state index contributed by atoms with van der Waals surface area (Å²) >= 11 is 0.